The van der Waals surface area contributed by atoms with Crippen molar-refractivity contribution >= 4 is 5.97 Å². The fraction of sp³-hybridized carbons (Fsp3) is 0.909. The molecule has 0 aromatic carbocycles. The van der Waals surface area contributed by atoms with E-state index < -0.39 is 17.1 Å². The predicted molar refractivity (Wildman–Crippen MR) is 57.9 cm³/mol. The molecule has 1 atom stereocenters. The quantitative estimate of drug-likeness (QED) is 0.703. The van der Waals surface area contributed by atoms with E-state index in [4.69, 9.17) is 4.74 Å². The molecule has 4 heteroatoms. The highest BCUT2D eigenvalue weighted by molar-refractivity contribution is 5.78. The van der Waals surface area contributed by atoms with Crippen LogP contribution in [0.5, 0.6) is 0 Å². The van der Waals surface area contributed by atoms with E-state index >= 15 is 0 Å². The van der Waals surface area contributed by atoms with Gasteiger partial charge in [0.2, 0.25) is 0 Å². The Kier molecular flexibility index (Phi) is 3.41. The lowest BCUT2D eigenvalue weighted by Gasteiger charge is -2.34. The molecule has 1 saturated carbocycles. The first-order valence-corrected chi connectivity index (χ1v) is 5.35. The molecule has 0 spiro atoms. The van der Waals surface area contributed by atoms with Gasteiger partial charge in [0, 0.05) is 19.6 Å². The zero-order valence-electron chi connectivity index (χ0n) is 9.96. The highest BCUT2D eigenvalue weighted by Gasteiger charge is 2.42. The van der Waals surface area contributed by atoms with E-state index in [2.05, 4.69) is 5.32 Å². The summed E-state index contributed by atoms with van der Waals surface area (Å²) in [6, 6.07) is 0.374. The van der Waals surface area contributed by atoms with Crippen LogP contribution in [0.15, 0.2) is 0 Å². The van der Waals surface area contributed by atoms with Crippen molar-refractivity contribution in [2.75, 3.05) is 7.11 Å². The monoisotopic (exact) mass is 215 g/mol. The van der Waals surface area contributed by atoms with Crippen molar-refractivity contribution in [1.29, 1.82) is 0 Å². The van der Waals surface area contributed by atoms with E-state index in [-0.39, 0.29) is 0 Å². The first kappa shape index (κ1) is 12.5. The lowest BCUT2D eigenvalue weighted by molar-refractivity contribution is -0.147. The second-order valence-electron chi connectivity index (χ2n) is 5.20. The largest absolute Gasteiger partial charge is 0.480 e. The molecule has 0 heterocycles. The summed E-state index contributed by atoms with van der Waals surface area (Å²) in [4.78, 5) is 11.3. The van der Waals surface area contributed by atoms with Crippen molar-refractivity contribution in [2.45, 2.75) is 57.2 Å². The summed E-state index contributed by atoms with van der Waals surface area (Å²) >= 11 is 0. The standard InChI is InChI=1S/C11H21NO3/c1-10(2,15-4)7-11(3,9(13)14)12-8-5-6-8/h8,12H,5-7H2,1-4H3,(H,13,14). The summed E-state index contributed by atoms with van der Waals surface area (Å²) < 4.78 is 5.28. The second kappa shape index (κ2) is 4.10. The summed E-state index contributed by atoms with van der Waals surface area (Å²) in [6.45, 7) is 5.54. The van der Waals surface area contributed by atoms with Crippen LogP contribution in [0.1, 0.15) is 40.0 Å². The van der Waals surface area contributed by atoms with Crippen molar-refractivity contribution in [3.63, 3.8) is 0 Å². The lowest BCUT2D eigenvalue weighted by Crippen LogP contribution is -2.54. The second-order valence-corrected chi connectivity index (χ2v) is 5.20. The maximum absolute atomic E-state index is 11.3. The molecule has 1 fully saturated rings. The molecule has 2 N–H and O–H groups in total. The number of nitrogens with one attached hydrogen (secondary N) is 1. The number of hydrogen-bond acceptors (Lipinski definition) is 3. The molecule has 1 aliphatic rings. The van der Waals surface area contributed by atoms with E-state index in [1.54, 1.807) is 14.0 Å². The SMILES string of the molecule is COC(C)(C)CC(C)(NC1CC1)C(=O)O. The van der Waals surface area contributed by atoms with Crippen LogP contribution in [0.2, 0.25) is 0 Å². The fourth-order valence-corrected chi connectivity index (χ4v) is 1.79. The third-order valence-electron chi connectivity index (χ3n) is 2.90. The van der Waals surface area contributed by atoms with E-state index in [1.165, 1.54) is 0 Å². The highest BCUT2D eigenvalue weighted by Crippen LogP contribution is 2.28. The van der Waals surface area contributed by atoms with Crippen LogP contribution in [0.4, 0.5) is 0 Å². The number of carbonyl (C=O) groups is 1. The summed E-state index contributed by atoms with van der Waals surface area (Å²) in [5.41, 5.74) is -1.31. The molecule has 0 aliphatic heterocycles. The highest BCUT2D eigenvalue weighted by atomic mass is 16.5. The van der Waals surface area contributed by atoms with Crippen LogP contribution in [-0.2, 0) is 9.53 Å². The van der Waals surface area contributed by atoms with Crippen LogP contribution in [0.3, 0.4) is 0 Å². The number of hydrogen-bond donors (Lipinski definition) is 2. The number of carboxylic acids is 1. The van der Waals surface area contributed by atoms with Crippen LogP contribution in [0.25, 0.3) is 0 Å². The molecule has 4 nitrogen and oxygen atoms in total. The smallest absolute Gasteiger partial charge is 0.323 e. The molecule has 0 aromatic rings. The summed E-state index contributed by atoms with van der Waals surface area (Å²) in [5.74, 6) is -0.806. The predicted octanol–water partition coefficient (Wildman–Crippen LogP) is 1.40. The summed E-state index contributed by atoms with van der Waals surface area (Å²) in [5, 5.41) is 12.4. The average molecular weight is 215 g/mol. The Morgan fingerprint density at radius 1 is 1.47 bits per heavy atom. The molecule has 0 amide bonds. The molecular formula is C11H21NO3. The van der Waals surface area contributed by atoms with Crippen LogP contribution < -0.4 is 5.32 Å². The van der Waals surface area contributed by atoms with E-state index in [9.17, 15) is 9.90 Å². The van der Waals surface area contributed by atoms with E-state index in [0.29, 0.717) is 12.5 Å². The van der Waals surface area contributed by atoms with Gasteiger partial charge in [-0.1, -0.05) is 0 Å². The number of rotatable bonds is 6. The molecule has 1 aliphatic carbocycles. The minimum absolute atomic E-state index is 0.374. The molecule has 88 valence electrons. The van der Waals surface area contributed by atoms with Gasteiger partial charge in [-0.3, -0.25) is 10.1 Å². The van der Waals surface area contributed by atoms with Gasteiger partial charge >= 0.3 is 5.97 Å². The Morgan fingerprint density at radius 3 is 2.33 bits per heavy atom. The topological polar surface area (TPSA) is 58.6 Å². The van der Waals surface area contributed by atoms with Crippen LogP contribution in [0, 0.1) is 0 Å². The van der Waals surface area contributed by atoms with Gasteiger partial charge in [0.1, 0.15) is 5.54 Å². The Labute approximate surface area is 91.0 Å². The Morgan fingerprint density at radius 2 is 2.00 bits per heavy atom. The molecule has 15 heavy (non-hydrogen) atoms. The Hall–Kier alpha value is -0.610. The molecule has 0 bridgehead atoms. The number of ether oxygens (including phenoxy) is 1. The first-order chi connectivity index (χ1) is 6.79. The van der Waals surface area contributed by atoms with Crippen LogP contribution in [-0.4, -0.2) is 35.4 Å². The number of aliphatic carboxylic acids is 1. The molecule has 0 saturated heterocycles. The molecular weight excluding hydrogens is 194 g/mol. The fourth-order valence-electron chi connectivity index (χ4n) is 1.79. The molecule has 1 rings (SSSR count). The van der Waals surface area contributed by atoms with Gasteiger partial charge in [-0.2, -0.15) is 0 Å². The zero-order valence-corrected chi connectivity index (χ0v) is 9.96. The van der Waals surface area contributed by atoms with Crippen molar-refractivity contribution < 1.29 is 14.6 Å². The van der Waals surface area contributed by atoms with E-state index in [1.807, 2.05) is 13.8 Å². The van der Waals surface area contributed by atoms with Crippen molar-refractivity contribution in [3.8, 4) is 0 Å². The Balaban J connectivity index is 2.67. The molecule has 0 radical (unpaired) electrons. The normalized spacial score (nSPS) is 21.1. The summed E-state index contributed by atoms with van der Waals surface area (Å²) in [6.07, 6.45) is 2.62. The van der Waals surface area contributed by atoms with Gasteiger partial charge in [0.15, 0.2) is 0 Å². The maximum Gasteiger partial charge on any atom is 0.323 e. The van der Waals surface area contributed by atoms with Gasteiger partial charge in [0.05, 0.1) is 5.60 Å². The van der Waals surface area contributed by atoms with Gasteiger partial charge in [0.25, 0.3) is 0 Å². The van der Waals surface area contributed by atoms with Gasteiger partial charge in [-0.25, -0.2) is 0 Å². The van der Waals surface area contributed by atoms with Gasteiger partial charge in [-0.15, -0.1) is 0 Å². The minimum Gasteiger partial charge on any atom is -0.480 e. The Bertz CT molecular complexity index is 248. The third kappa shape index (κ3) is 3.47. The summed E-state index contributed by atoms with van der Waals surface area (Å²) in [7, 11) is 1.61. The van der Waals surface area contributed by atoms with Gasteiger partial charge in [-0.05, 0) is 33.6 Å². The van der Waals surface area contributed by atoms with Crippen molar-refractivity contribution in [3.05, 3.63) is 0 Å². The molecule has 1 unspecified atom stereocenters. The van der Waals surface area contributed by atoms with Crippen molar-refractivity contribution in [2.24, 2.45) is 0 Å². The lowest BCUT2D eigenvalue weighted by atomic mass is 9.87. The van der Waals surface area contributed by atoms with Crippen molar-refractivity contribution in [1.82, 2.24) is 5.32 Å². The van der Waals surface area contributed by atoms with E-state index in [0.717, 1.165) is 12.8 Å². The zero-order chi connectivity index (χ0) is 11.7. The van der Waals surface area contributed by atoms with Crippen LogP contribution >= 0.6 is 0 Å². The first-order valence-electron chi connectivity index (χ1n) is 5.35. The number of carboxylic acid groups (broad SMARTS) is 1. The third-order valence-corrected chi connectivity index (χ3v) is 2.90. The van der Waals surface area contributed by atoms with Gasteiger partial charge < -0.3 is 9.84 Å². The molecule has 0 aromatic heterocycles. The average Bonchev–Trinajstić information content (AvgIpc) is 2.87. The minimum atomic E-state index is -0.888. The number of methoxy groups -OCH3 is 1. The maximum atomic E-state index is 11.3.